The van der Waals surface area contributed by atoms with E-state index < -0.39 is 5.41 Å². The molecule has 1 aliphatic heterocycles. The van der Waals surface area contributed by atoms with Crippen LogP contribution in [0.3, 0.4) is 0 Å². The second kappa shape index (κ2) is 9.11. The third kappa shape index (κ3) is 4.42. The van der Waals surface area contributed by atoms with Crippen molar-refractivity contribution in [1.82, 2.24) is 9.80 Å². The lowest BCUT2D eigenvalue weighted by molar-refractivity contribution is -0.148. The number of thiophene rings is 1. The van der Waals surface area contributed by atoms with Crippen molar-refractivity contribution in [3.05, 3.63) is 57.3 Å². The van der Waals surface area contributed by atoms with E-state index in [-0.39, 0.29) is 36.3 Å². The Morgan fingerprint density at radius 1 is 1.23 bits per heavy atom. The summed E-state index contributed by atoms with van der Waals surface area (Å²) in [5, 5.41) is 2.11. The van der Waals surface area contributed by atoms with Gasteiger partial charge < -0.3 is 9.80 Å². The first-order valence-corrected chi connectivity index (χ1v) is 11.9. The van der Waals surface area contributed by atoms with Crippen LogP contribution < -0.4 is 0 Å². The van der Waals surface area contributed by atoms with E-state index in [0.29, 0.717) is 6.54 Å². The molecule has 1 aromatic heterocycles. The van der Waals surface area contributed by atoms with Gasteiger partial charge in [0.05, 0.1) is 11.5 Å². The number of fused-ring (bicyclic) bond motifs is 1. The van der Waals surface area contributed by atoms with E-state index in [1.165, 1.54) is 16.0 Å². The molecule has 6 heteroatoms. The number of carbonyl (C=O) groups is 2. The van der Waals surface area contributed by atoms with Crippen LogP contribution in [0.25, 0.3) is 0 Å². The van der Waals surface area contributed by atoms with Crippen LogP contribution in [0.1, 0.15) is 55.3 Å². The normalized spacial score (nSPS) is 16.5. The Morgan fingerprint density at radius 3 is 2.57 bits per heavy atom. The number of rotatable bonds is 6. The molecule has 0 saturated heterocycles. The molecule has 1 unspecified atom stereocenters. The van der Waals surface area contributed by atoms with Gasteiger partial charge >= 0.3 is 0 Å². The minimum atomic E-state index is -0.704. The Labute approximate surface area is 188 Å². The van der Waals surface area contributed by atoms with Crippen LogP contribution in [0.5, 0.6) is 0 Å². The highest BCUT2D eigenvalue weighted by atomic mass is 35.5. The Kier molecular flexibility index (Phi) is 6.93. The van der Waals surface area contributed by atoms with Crippen LogP contribution >= 0.6 is 22.9 Å². The summed E-state index contributed by atoms with van der Waals surface area (Å²) in [7, 11) is 0. The van der Waals surface area contributed by atoms with Crippen LogP contribution in [-0.2, 0) is 16.0 Å². The minimum absolute atomic E-state index is 0.0208. The molecule has 0 aliphatic carbocycles. The molecule has 1 aliphatic rings. The summed E-state index contributed by atoms with van der Waals surface area (Å²) in [5.41, 5.74) is 2.81. The van der Waals surface area contributed by atoms with Gasteiger partial charge in [0.15, 0.2) is 0 Å². The molecule has 3 rings (SSSR count). The fourth-order valence-electron chi connectivity index (χ4n) is 3.99. The summed E-state index contributed by atoms with van der Waals surface area (Å²) in [4.78, 5) is 31.6. The van der Waals surface area contributed by atoms with Crippen molar-refractivity contribution >= 4 is 34.8 Å². The number of nitrogens with zero attached hydrogens (tertiary/aromatic N) is 2. The molecule has 2 aromatic rings. The first kappa shape index (κ1) is 22.8. The zero-order valence-corrected chi connectivity index (χ0v) is 20.0. The summed E-state index contributed by atoms with van der Waals surface area (Å²) in [6, 6.07) is 10.2. The summed E-state index contributed by atoms with van der Waals surface area (Å²) in [6.07, 6.45) is 0.851. The maximum Gasteiger partial charge on any atom is 0.243 e. The lowest BCUT2D eigenvalue weighted by atomic mass is 9.90. The van der Waals surface area contributed by atoms with Gasteiger partial charge in [0, 0.05) is 23.3 Å². The molecule has 0 N–H and O–H groups in total. The van der Waals surface area contributed by atoms with E-state index in [0.717, 1.165) is 12.0 Å². The molecule has 1 aromatic carbocycles. The zero-order valence-electron chi connectivity index (χ0n) is 18.4. The van der Waals surface area contributed by atoms with E-state index in [4.69, 9.17) is 11.6 Å². The molecule has 162 valence electrons. The molecule has 0 saturated carbocycles. The minimum Gasteiger partial charge on any atom is -0.330 e. The van der Waals surface area contributed by atoms with Gasteiger partial charge in [0.25, 0.3) is 0 Å². The van der Waals surface area contributed by atoms with Gasteiger partial charge in [-0.2, -0.15) is 0 Å². The van der Waals surface area contributed by atoms with E-state index in [1.54, 1.807) is 16.2 Å². The Bertz CT molecular complexity index is 921. The second-order valence-corrected chi connectivity index (χ2v) is 10.2. The molecule has 1 atom stereocenters. The van der Waals surface area contributed by atoms with E-state index in [9.17, 15) is 9.59 Å². The first-order chi connectivity index (χ1) is 14.2. The van der Waals surface area contributed by atoms with Gasteiger partial charge in [-0.05, 0) is 69.2 Å². The predicted molar refractivity (Wildman–Crippen MR) is 124 cm³/mol. The molecular weight excluding hydrogens is 416 g/mol. The number of halogens is 1. The lowest BCUT2D eigenvalue weighted by Crippen LogP contribution is -2.52. The van der Waals surface area contributed by atoms with Crippen LogP contribution in [-0.4, -0.2) is 46.6 Å². The zero-order chi connectivity index (χ0) is 22.1. The van der Waals surface area contributed by atoms with Crippen molar-refractivity contribution in [2.45, 2.75) is 53.1 Å². The van der Waals surface area contributed by atoms with Crippen molar-refractivity contribution in [1.29, 1.82) is 0 Å². The average molecular weight is 447 g/mol. The molecule has 0 spiro atoms. The maximum absolute atomic E-state index is 13.6. The Hall–Kier alpha value is -1.85. The lowest BCUT2D eigenvalue weighted by Gasteiger charge is -2.40. The van der Waals surface area contributed by atoms with E-state index >= 15 is 0 Å². The average Bonchev–Trinajstić information content (AvgIpc) is 3.19. The molecule has 2 amide bonds. The smallest absolute Gasteiger partial charge is 0.243 e. The highest BCUT2D eigenvalue weighted by molar-refractivity contribution is 7.10. The van der Waals surface area contributed by atoms with Crippen molar-refractivity contribution in [3.63, 3.8) is 0 Å². The monoisotopic (exact) mass is 446 g/mol. The van der Waals surface area contributed by atoms with Gasteiger partial charge in [-0.3, -0.25) is 9.59 Å². The molecule has 0 fully saturated rings. The van der Waals surface area contributed by atoms with Gasteiger partial charge in [-0.15, -0.1) is 22.9 Å². The van der Waals surface area contributed by atoms with Crippen LogP contribution in [0.15, 0.2) is 35.7 Å². The maximum atomic E-state index is 13.6. The highest BCUT2D eigenvalue weighted by Gasteiger charge is 2.37. The molecule has 0 radical (unpaired) electrons. The van der Waals surface area contributed by atoms with Crippen LogP contribution in [0.2, 0.25) is 0 Å². The molecular formula is C24H31ClN2O2S. The highest BCUT2D eigenvalue weighted by Crippen LogP contribution is 2.39. The van der Waals surface area contributed by atoms with E-state index in [1.807, 2.05) is 44.7 Å². The number of hydrogen-bond acceptors (Lipinski definition) is 3. The van der Waals surface area contributed by atoms with Crippen LogP contribution in [0.4, 0.5) is 0 Å². The fourth-order valence-corrected chi connectivity index (χ4v) is 5.00. The number of alkyl halides is 1. The van der Waals surface area contributed by atoms with Gasteiger partial charge in [0.2, 0.25) is 11.8 Å². The topological polar surface area (TPSA) is 40.6 Å². The second-order valence-electron chi connectivity index (χ2n) is 8.94. The largest absolute Gasteiger partial charge is 0.330 e. The standard InChI is InChI=1S/C24H31ClN2O2S/c1-16(2)27(23(29)24(4,5)15-25)14-21(28)26-12-10-20-19(11-13-30-20)22(26)18-9-7-6-8-17(18)3/h6-9,11,13,16,22H,10,12,14-15H2,1-5H3. The number of hydrogen-bond donors (Lipinski definition) is 0. The van der Waals surface area contributed by atoms with E-state index in [2.05, 4.69) is 30.5 Å². The number of amides is 2. The summed E-state index contributed by atoms with van der Waals surface area (Å²) < 4.78 is 0. The molecule has 4 nitrogen and oxygen atoms in total. The molecule has 2 heterocycles. The van der Waals surface area contributed by atoms with Crippen molar-refractivity contribution in [2.75, 3.05) is 19.0 Å². The summed E-state index contributed by atoms with van der Waals surface area (Å²) in [6.45, 7) is 10.4. The third-order valence-electron chi connectivity index (χ3n) is 5.87. The third-order valence-corrected chi connectivity index (χ3v) is 7.54. The number of aryl methyl sites for hydroxylation is 1. The predicted octanol–water partition coefficient (Wildman–Crippen LogP) is 5.03. The van der Waals surface area contributed by atoms with Gasteiger partial charge in [0.1, 0.15) is 6.54 Å². The summed E-state index contributed by atoms with van der Waals surface area (Å²) in [5.74, 6) is 0.117. The number of benzene rings is 1. The SMILES string of the molecule is Cc1ccccc1C1c2ccsc2CCN1C(=O)CN(C(=O)C(C)(C)CCl)C(C)C. The summed E-state index contributed by atoms with van der Waals surface area (Å²) >= 11 is 7.80. The molecule has 0 bridgehead atoms. The van der Waals surface area contributed by atoms with Gasteiger partial charge in [-0.25, -0.2) is 0 Å². The molecule has 30 heavy (non-hydrogen) atoms. The van der Waals surface area contributed by atoms with Crippen molar-refractivity contribution < 1.29 is 9.59 Å². The van der Waals surface area contributed by atoms with Gasteiger partial charge in [-0.1, -0.05) is 24.3 Å². The van der Waals surface area contributed by atoms with Crippen LogP contribution in [0, 0.1) is 12.3 Å². The first-order valence-electron chi connectivity index (χ1n) is 10.5. The Balaban J connectivity index is 1.93. The quantitative estimate of drug-likeness (QED) is 0.583. The fraction of sp³-hybridized carbons (Fsp3) is 0.500. The Morgan fingerprint density at radius 2 is 1.93 bits per heavy atom. The number of carbonyl (C=O) groups excluding carboxylic acids is 2. The van der Waals surface area contributed by atoms with Crippen molar-refractivity contribution in [2.24, 2.45) is 5.41 Å². The van der Waals surface area contributed by atoms with Crippen molar-refractivity contribution in [3.8, 4) is 0 Å².